The normalized spacial score (nSPS) is 27.8. The lowest BCUT2D eigenvalue weighted by molar-refractivity contribution is -0.130. The van der Waals surface area contributed by atoms with Crippen LogP contribution in [0.15, 0.2) is 0 Å². The van der Waals surface area contributed by atoms with Gasteiger partial charge < -0.3 is 4.90 Å². The molecule has 0 unspecified atom stereocenters. The third kappa shape index (κ3) is 3.87. The standard InChI is InChI=1S/C19H29FN4O/c20-10-15-11-24(17(25)9-6-13-4-2-1-3-5-13)12-16(15)19-21-18(22-23-19)14-7-8-14/h13-16H,1-12H2,(H,21,22,23)/t15-,16-/m1/s1. The van der Waals surface area contributed by atoms with E-state index in [-0.39, 0.29) is 17.7 Å². The van der Waals surface area contributed by atoms with E-state index < -0.39 is 6.67 Å². The van der Waals surface area contributed by atoms with Gasteiger partial charge in [0, 0.05) is 37.3 Å². The fourth-order valence-corrected chi connectivity index (χ4v) is 4.48. The highest BCUT2D eigenvalue weighted by Gasteiger charge is 2.39. The molecule has 2 saturated carbocycles. The van der Waals surface area contributed by atoms with Gasteiger partial charge in [0.05, 0.1) is 6.67 Å². The van der Waals surface area contributed by atoms with Gasteiger partial charge in [0.2, 0.25) is 5.91 Å². The Bertz CT molecular complexity index is 594. The van der Waals surface area contributed by atoms with E-state index in [4.69, 9.17) is 0 Å². The van der Waals surface area contributed by atoms with E-state index in [1.165, 1.54) is 32.1 Å². The van der Waals surface area contributed by atoms with Crippen LogP contribution in [0.4, 0.5) is 4.39 Å². The number of amides is 1. The molecule has 2 aliphatic carbocycles. The Labute approximate surface area is 148 Å². The number of nitrogens with zero attached hydrogens (tertiary/aromatic N) is 3. The van der Waals surface area contributed by atoms with Gasteiger partial charge in [-0.3, -0.25) is 14.3 Å². The average molecular weight is 348 g/mol. The SMILES string of the molecule is O=C(CCC1CCCCC1)N1C[C@@H](CF)[C@H](c2nc(C3CC3)n[nH]2)C1. The predicted octanol–water partition coefficient (Wildman–Crippen LogP) is 3.55. The summed E-state index contributed by atoms with van der Waals surface area (Å²) in [5, 5.41) is 7.31. The molecule has 0 radical (unpaired) electrons. The largest absolute Gasteiger partial charge is 0.342 e. The van der Waals surface area contributed by atoms with Crippen LogP contribution in [0.5, 0.6) is 0 Å². The van der Waals surface area contributed by atoms with Crippen molar-refractivity contribution >= 4 is 5.91 Å². The lowest BCUT2D eigenvalue weighted by atomic mass is 9.86. The number of carbonyl (C=O) groups is 1. The number of nitrogens with one attached hydrogen (secondary N) is 1. The summed E-state index contributed by atoms with van der Waals surface area (Å²) >= 11 is 0. The number of rotatable bonds is 6. The molecule has 3 aliphatic rings. The van der Waals surface area contributed by atoms with Crippen molar-refractivity contribution < 1.29 is 9.18 Å². The Hall–Kier alpha value is -1.46. The molecule has 2 heterocycles. The molecule has 3 fully saturated rings. The third-order valence-electron chi connectivity index (χ3n) is 6.30. The maximum atomic E-state index is 13.5. The van der Waals surface area contributed by atoms with Gasteiger partial charge in [-0.05, 0) is 25.2 Å². The minimum absolute atomic E-state index is 0.0383. The van der Waals surface area contributed by atoms with E-state index in [9.17, 15) is 9.18 Å². The number of hydrogen-bond acceptors (Lipinski definition) is 3. The molecule has 0 bridgehead atoms. The second kappa shape index (κ2) is 7.42. The fraction of sp³-hybridized carbons (Fsp3) is 0.842. The molecule has 1 N–H and O–H groups in total. The van der Waals surface area contributed by atoms with Crippen molar-refractivity contribution in [1.82, 2.24) is 20.1 Å². The van der Waals surface area contributed by atoms with E-state index in [0.29, 0.717) is 31.3 Å². The topological polar surface area (TPSA) is 61.9 Å². The Morgan fingerprint density at radius 1 is 1.16 bits per heavy atom. The van der Waals surface area contributed by atoms with Crippen LogP contribution >= 0.6 is 0 Å². The molecule has 138 valence electrons. The van der Waals surface area contributed by atoms with Crippen molar-refractivity contribution in [1.29, 1.82) is 0 Å². The highest BCUT2D eigenvalue weighted by molar-refractivity contribution is 5.76. The van der Waals surface area contributed by atoms with E-state index in [0.717, 1.165) is 30.9 Å². The second-order valence-electron chi connectivity index (χ2n) is 8.22. The van der Waals surface area contributed by atoms with Gasteiger partial charge in [0.1, 0.15) is 5.82 Å². The van der Waals surface area contributed by atoms with Crippen LogP contribution in [-0.4, -0.2) is 45.8 Å². The Morgan fingerprint density at radius 2 is 1.96 bits per heavy atom. The van der Waals surface area contributed by atoms with Crippen LogP contribution in [0.3, 0.4) is 0 Å². The van der Waals surface area contributed by atoms with Gasteiger partial charge >= 0.3 is 0 Å². The first-order valence-electron chi connectivity index (χ1n) is 10.0. The van der Waals surface area contributed by atoms with Crippen molar-refractivity contribution in [3.63, 3.8) is 0 Å². The number of aromatic nitrogens is 3. The van der Waals surface area contributed by atoms with E-state index in [1.807, 2.05) is 4.90 Å². The summed E-state index contributed by atoms with van der Waals surface area (Å²) in [6, 6.07) is 0. The average Bonchev–Trinajstić information content (AvgIpc) is 3.22. The zero-order valence-corrected chi connectivity index (χ0v) is 14.9. The van der Waals surface area contributed by atoms with E-state index in [1.54, 1.807) is 0 Å². The Kier molecular flexibility index (Phi) is 5.04. The molecule has 1 aliphatic heterocycles. The zero-order chi connectivity index (χ0) is 17.2. The lowest BCUT2D eigenvalue weighted by Gasteiger charge is -2.22. The van der Waals surface area contributed by atoms with Crippen LogP contribution in [0.2, 0.25) is 0 Å². The minimum Gasteiger partial charge on any atom is -0.342 e. The van der Waals surface area contributed by atoms with Gasteiger partial charge in [0.15, 0.2) is 5.82 Å². The minimum atomic E-state index is -0.406. The van der Waals surface area contributed by atoms with Crippen LogP contribution < -0.4 is 0 Å². The number of H-pyrrole nitrogens is 1. The summed E-state index contributed by atoms with van der Waals surface area (Å²) in [6.45, 7) is 0.693. The smallest absolute Gasteiger partial charge is 0.222 e. The first-order valence-corrected chi connectivity index (χ1v) is 10.0. The molecule has 1 aromatic rings. The highest BCUT2D eigenvalue weighted by atomic mass is 19.1. The van der Waals surface area contributed by atoms with Gasteiger partial charge in [-0.15, -0.1) is 0 Å². The van der Waals surface area contributed by atoms with Crippen molar-refractivity contribution in [3.05, 3.63) is 11.6 Å². The van der Waals surface area contributed by atoms with Gasteiger partial charge in [-0.2, -0.15) is 5.10 Å². The Balaban J connectivity index is 1.33. The summed E-state index contributed by atoms with van der Waals surface area (Å²) in [6.07, 6.45) is 10.4. The molecule has 1 aromatic heterocycles. The molecule has 2 atom stereocenters. The fourth-order valence-electron chi connectivity index (χ4n) is 4.48. The third-order valence-corrected chi connectivity index (χ3v) is 6.30. The quantitative estimate of drug-likeness (QED) is 0.855. The Morgan fingerprint density at radius 3 is 2.68 bits per heavy atom. The highest BCUT2D eigenvalue weighted by Crippen LogP contribution is 2.39. The first kappa shape index (κ1) is 17.0. The van der Waals surface area contributed by atoms with Crippen molar-refractivity contribution in [3.8, 4) is 0 Å². The molecular weight excluding hydrogens is 319 g/mol. The molecule has 0 aromatic carbocycles. The summed E-state index contributed by atoms with van der Waals surface area (Å²) in [7, 11) is 0. The molecule has 6 heteroatoms. The van der Waals surface area contributed by atoms with Gasteiger partial charge in [-0.25, -0.2) is 4.98 Å². The molecule has 1 saturated heterocycles. The summed E-state index contributed by atoms with van der Waals surface area (Å²) < 4.78 is 13.5. The van der Waals surface area contributed by atoms with Crippen LogP contribution in [0.25, 0.3) is 0 Å². The second-order valence-corrected chi connectivity index (χ2v) is 8.22. The van der Waals surface area contributed by atoms with Crippen molar-refractivity contribution in [2.45, 2.75) is 69.6 Å². The zero-order valence-electron chi connectivity index (χ0n) is 14.9. The molecule has 25 heavy (non-hydrogen) atoms. The summed E-state index contributed by atoms with van der Waals surface area (Å²) in [5.74, 6) is 2.84. The predicted molar refractivity (Wildman–Crippen MR) is 93.0 cm³/mol. The maximum absolute atomic E-state index is 13.5. The monoisotopic (exact) mass is 348 g/mol. The molecule has 0 spiro atoms. The maximum Gasteiger partial charge on any atom is 0.222 e. The molecular formula is C19H29FN4O. The first-order chi connectivity index (χ1) is 12.2. The molecule has 1 amide bonds. The van der Waals surface area contributed by atoms with Crippen LogP contribution in [0, 0.1) is 11.8 Å². The number of halogens is 1. The number of aromatic amines is 1. The summed E-state index contributed by atoms with van der Waals surface area (Å²) in [4.78, 5) is 19.1. The molecule has 4 rings (SSSR count). The summed E-state index contributed by atoms with van der Waals surface area (Å²) in [5.41, 5.74) is 0. The van der Waals surface area contributed by atoms with E-state index >= 15 is 0 Å². The van der Waals surface area contributed by atoms with Crippen molar-refractivity contribution in [2.24, 2.45) is 11.8 Å². The van der Waals surface area contributed by atoms with E-state index in [2.05, 4.69) is 15.2 Å². The number of likely N-dealkylation sites (tertiary alicyclic amines) is 1. The molecule has 5 nitrogen and oxygen atoms in total. The van der Waals surface area contributed by atoms with Gasteiger partial charge in [0.25, 0.3) is 0 Å². The van der Waals surface area contributed by atoms with Crippen LogP contribution in [0.1, 0.15) is 81.3 Å². The number of alkyl halides is 1. The van der Waals surface area contributed by atoms with Gasteiger partial charge in [-0.1, -0.05) is 32.1 Å². The lowest BCUT2D eigenvalue weighted by Crippen LogP contribution is -2.29. The number of carbonyl (C=O) groups excluding carboxylic acids is 1. The van der Waals surface area contributed by atoms with Crippen molar-refractivity contribution in [2.75, 3.05) is 19.8 Å². The van der Waals surface area contributed by atoms with Crippen LogP contribution in [-0.2, 0) is 4.79 Å². The number of hydrogen-bond donors (Lipinski definition) is 1.